The van der Waals surface area contributed by atoms with Gasteiger partial charge < -0.3 is 16.0 Å². The van der Waals surface area contributed by atoms with Gasteiger partial charge in [0.1, 0.15) is 11.9 Å². The lowest BCUT2D eigenvalue weighted by atomic mass is 10.0. The highest BCUT2D eigenvalue weighted by atomic mass is 35.5. The fraction of sp³-hybridized carbons (Fsp3) is 0.238. The van der Waals surface area contributed by atoms with E-state index in [9.17, 15) is 0 Å². The van der Waals surface area contributed by atoms with Gasteiger partial charge in [0.2, 0.25) is 5.95 Å². The van der Waals surface area contributed by atoms with Crippen LogP contribution in [-0.2, 0) is 13.0 Å². The van der Waals surface area contributed by atoms with Gasteiger partial charge in [-0.25, -0.2) is 15.0 Å². The van der Waals surface area contributed by atoms with Crippen molar-refractivity contribution < 1.29 is 0 Å². The zero-order valence-electron chi connectivity index (χ0n) is 16.5. The number of benzene rings is 1. The maximum atomic E-state index is 8.84. The number of hydrogen-bond acceptors (Lipinski definition) is 7. The van der Waals surface area contributed by atoms with Gasteiger partial charge in [-0.15, -0.1) is 12.4 Å². The Morgan fingerprint density at radius 3 is 2.68 bits per heavy atom. The molecule has 0 saturated heterocycles. The van der Waals surface area contributed by atoms with Crippen molar-refractivity contribution in [2.24, 2.45) is 0 Å². The molecule has 10 heteroatoms. The molecule has 2 aromatic heterocycles. The number of nitrogens with zero attached hydrogens (tertiary/aromatic N) is 4. The number of nitrogens with one attached hydrogen (secondary N) is 3. The smallest absolute Gasteiger partial charge is 0.223 e. The minimum absolute atomic E-state index is 0. The van der Waals surface area contributed by atoms with Crippen molar-refractivity contribution in [1.29, 1.82) is 5.26 Å². The quantitative estimate of drug-likeness (QED) is 0.456. The maximum Gasteiger partial charge on any atom is 0.223 e. The van der Waals surface area contributed by atoms with Gasteiger partial charge in [0, 0.05) is 54.9 Å². The van der Waals surface area contributed by atoms with Gasteiger partial charge >= 0.3 is 0 Å². The Labute approximate surface area is 196 Å². The Kier molecular flexibility index (Phi) is 7.88. The molecule has 160 valence electrons. The number of pyridine rings is 1. The number of rotatable bonds is 6. The second-order valence-electron chi connectivity index (χ2n) is 6.77. The van der Waals surface area contributed by atoms with Crippen LogP contribution in [-0.4, -0.2) is 34.6 Å². The van der Waals surface area contributed by atoms with E-state index in [1.807, 2.05) is 12.1 Å². The molecule has 3 heterocycles. The lowest BCUT2D eigenvalue weighted by Crippen LogP contribution is -2.26. The van der Waals surface area contributed by atoms with E-state index >= 15 is 0 Å². The summed E-state index contributed by atoms with van der Waals surface area (Å²) >= 11 is 12.5. The number of anilines is 2. The summed E-state index contributed by atoms with van der Waals surface area (Å²) < 4.78 is 0. The van der Waals surface area contributed by atoms with E-state index in [0.29, 0.717) is 47.0 Å². The van der Waals surface area contributed by atoms with Gasteiger partial charge in [0.15, 0.2) is 0 Å². The topological polar surface area (TPSA) is 98.5 Å². The molecule has 0 radical (unpaired) electrons. The summed E-state index contributed by atoms with van der Waals surface area (Å²) in [4.78, 5) is 13.6. The molecule has 0 aliphatic carbocycles. The van der Waals surface area contributed by atoms with E-state index in [0.717, 1.165) is 35.5 Å². The summed E-state index contributed by atoms with van der Waals surface area (Å²) in [7, 11) is 0. The van der Waals surface area contributed by atoms with Crippen LogP contribution in [0.2, 0.25) is 10.0 Å². The molecule has 0 bridgehead atoms. The van der Waals surface area contributed by atoms with Crippen LogP contribution in [0.1, 0.15) is 16.8 Å². The van der Waals surface area contributed by atoms with Crippen LogP contribution in [0, 0.1) is 11.3 Å². The molecule has 1 aliphatic heterocycles. The van der Waals surface area contributed by atoms with Crippen LogP contribution in [0.15, 0.2) is 36.5 Å². The summed E-state index contributed by atoms with van der Waals surface area (Å²) in [6.07, 6.45) is 2.37. The molecule has 0 atom stereocenters. The fourth-order valence-electron chi connectivity index (χ4n) is 3.26. The summed E-state index contributed by atoms with van der Waals surface area (Å²) in [6.45, 7) is 2.81. The summed E-state index contributed by atoms with van der Waals surface area (Å²) in [5.74, 6) is 1.27. The first kappa shape index (κ1) is 23.0. The molecule has 0 saturated carbocycles. The second-order valence-corrected chi connectivity index (χ2v) is 7.61. The summed E-state index contributed by atoms with van der Waals surface area (Å²) in [6, 6.07) is 11.0. The molecule has 7 nitrogen and oxygen atoms in total. The van der Waals surface area contributed by atoms with Crippen molar-refractivity contribution in [2.45, 2.75) is 13.0 Å². The highest BCUT2D eigenvalue weighted by Crippen LogP contribution is 2.33. The Morgan fingerprint density at radius 1 is 1.10 bits per heavy atom. The first-order valence-corrected chi connectivity index (χ1v) is 10.3. The Bertz CT molecular complexity index is 1100. The number of halogens is 3. The minimum Gasteiger partial charge on any atom is -0.368 e. The zero-order valence-corrected chi connectivity index (χ0v) is 18.8. The molecular weight excluding hydrogens is 457 g/mol. The van der Waals surface area contributed by atoms with Crippen LogP contribution >= 0.6 is 35.6 Å². The Balaban J connectivity index is 0.00000272. The van der Waals surface area contributed by atoms with Crippen molar-refractivity contribution in [3.8, 4) is 17.3 Å². The molecule has 4 rings (SSSR count). The van der Waals surface area contributed by atoms with Crippen LogP contribution < -0.4 is 16.0 Å². The van der Waals surface area contributed by atoms with Crippen molar-refractivity contribution >= 4 is 47.4 Å². The van der Waals surface area contributed by atoms with Gasteiger partial charge in [-0.3, -0.25) is 0 Å². The fourth-order valence-corrected chi connectivity index (χ4v) is 3.75. The lowest BCUT2D eigenvalue weighted by molar-refractivity contribution is 0.628. The molecular formula is C21H20Cl3N7. The monoisotopic (exact) mass is 475 g/mol. The van der Waals surface area contributed by atoms with Gasteiger partial charge in [-0.05, 0) is 30.3 Å². The third-order valence-electron chi connectivity index (χ3n) is 4.73. The van der Waals surface area contributed by atoms with Gasteiger partial charge in [0.05, 0.1) is 22.0 Å². The molecule has 1 aliphatic rings. The number of aromatic nitrogens is 3. The summed E-state index contributed by atoms with van der Waals surface area (Å²) in [5.41, 5.74) is 4.28. The number of nitriles is 1. The Hall–Kier alpha value is -2.63. The molecule has 0 spiro atoms. The Morgan fingerprint density at radius 2 is 1.94 bits per heavy atom. The van der Waals surface area contributed by atoms with Crippen molar-refractivity contribution in [1.82, 2.24) is 20.3 Å². The first-order chi connectivity index (χ1) is 14.6. The third kappa shape index (κ3) is 5.54. The van der Waals surface area contributed by atoms with Gasteiger partial charge in [-0.2, -0.15) is 5.26 Å². The standard InChI is InChI=1S/C21H19Cl2N7.ClH/c22-14-2-3-15(17(23)9-14)20-16-12-25-6-5-18(16)29-21(30-20)27-8-7-26-19-4-1-13(10-24)11-28-19;/h1-4,9,11,25H,5-8,12H2,(H,26,28)(H,27,29,30);1H. The van der Waals surface area contributed by atoms with E-state index in [4.69, 9.17) is 38.4 Å². The predicted octanol–water partition coefficient (Wildman–Crippen LogP) is 4.31. The van der Waals surface area contributed by atoms with E-state index in [1.54, 1.807) is 24.4 Å². The number of hydrogen-bond donors (Lipinski definition) is 3. The second kappa shape index (κ2) is 10.6. The van der Waals surface area contributed by atoms with Crippen molar-refractivity contribution in [3.05, 3.63) is 63.4 Å². The molecule has 0 fully saturated rings. The molecule has 1 aromatic carbocycles. The molecule has 31 heavy (non-hydrogen) atoms. The minimum atomic E-state index is 0. The predicted molar refractivity (Wildman–Crippen MR) is 126 cm³/mol. The lowest BCUT2D eigenvalue weighted by Gasteiger charge is -2.21. The maximum absolute atomic E-state index is 8.84. The van der Waals surface area contributed by atoms with E-state index in [-0.39, 0.29) is 12.4 Å². The molecule has 3 aromatic rings. The van der Waals surface area contributed by atoms with Gasteiger partial charge in [0.25, 0.3) is 0 Å². The van der Waals surface area contributed by atoms with Crippen LogP contribution in [0.4, 0.5) is 11.8 Å². The SMILES string of the molecule is Cl.N#Cc1ccc(NCCNc2nc3c(c(-c4ccc(Cl)cc4Cl)n2)CNCC3)nc1. The molecule has 0 unspecified atom stereocenters. The largest absolute Gasteiger partial charge is 0.368 e. The van der Waals surface area contributed by atoms with Crippen LogP contribution in [0.25, 0.3) is 11.3 Å². The van der Waals surface area contributed by atoms with E-state index < -0.39 is 0 Å². The zero-order chi connectivity index (χ0) is 20.9. The highest BCUT2D eigenvalue weighted by molar-refractivity contribution is 6.36. The van der Waals surface area contributed by atoms with E-state index in [2.05, 4.69) is 27.0 Å². The first-order valence-electron chi connectivity index (χ1n) is 9.54. The van der Waals surface area contributed by atoms with Crippen LogP contribution in [0.3, 0.4) is 0 Å². The average Bonchev–Trinajstić information content (AvgIpc) is 2.77. The van der Waals surface area contributed by atoms with Crippen molar-refractivity contribution in [3.63, 3.8) is 0 Å². The highest BCUT2D eigenvalue weighted by Gasteiger charge is 2.20. The number of fused-ring (bicyclic) bond motifs is 1. The molecule has 0 amide bonds. The third-order valence-corrected chi connectivity index (χ3v) is 5.27. The summed E-state index contributed by atoms with van der Waals surface area (Å²) in [5, 5.41) is 19.8. The van der Waals surface area contributed by atoms with Gasteiger partial charge in [-0.1, -0.05) is 23.2 Å². The van der Waals surface area contributed by atoms with E-state index in [1.165, 1.54) is 0 Å². The molecule has 3 N–H and O–H groups in total. The normalized spacial score (nSPS) is 12.3. The average molecular weight is 477 g/mol. The van der Waals surface area contributed by atoms with Crippen molar-refractivity contribution in [2.75, 3.05) is 30.3 Å². The van der Waals surface area contributed by atoms with Crippen LogP contribution in [0.5, 0.6) is 0 Å².